The second-order valence-corrected chi connectivity index (χ2v) is 15.6. The van der Waals surface area contributed by atoms with Crippen molar-refractivity contribution in [2.45, 2.75) is 100 Å². The van der Waals surface area contributed by atoms with Gasteiger partial charge in [-0.3, -0.25) is 24.2 Å². The van der Waals surface area contributed by atoms with Crippen LogP contribution in [-0.4, -0.2) is 141 Å². The van der Waals surface area contributed by atoms with E-state index < -0.39 is 96.2 Å². The van der Waals surface area contributed by atoms with Gasteiger partial charge in [0.05, 0.1) is 6.04 Å². The number of hydrogen-bond acceptors (Lipinski definition) is 12. The van der Waals surface area contributed by atoms with E-state index in [0.29, 0.717) is 36.9 Å². The van der Waals surface area contributed by atoms with Crippen LogP contribution in [0.5, 0.6) is 5.75 Å². The zero-order valence-electron chi connectivity index (χ0n) is 39.7. The highest BCUT2D eigenvalue weighted by Crippen LogP contribution is 2.16. The number of carbonyl (C=O) groups is 8. The third-order valence-electron chi connectivity index (χ3n) is 9.43. The minimum absolute atomic E-state index is 0.00624. The van der Waals surface area contributed by atoms with Crippen molar-refractivity contribution in [1.29, 1.82) is 0 Å². The summed E-state index contributed by atoms with van der Waals surface area (Å²) in [5.41, 5.74) is 24.6. The molecule has 3 rings (SSSR count). The summed E-state index contributed by atoms with van der Waals surface area (Å²) >= 11 is 0. The number of carbonyl (C=O) groups excluding carboxylic acids is 4. The van der Waals surface area contributed by atoms with Crippen molar-refractivity contribution in [3.8, 4) is 5.75 Å². The number of phenolic OH excluding ortho intramolecular Hbond substituents is 1. The Hall–Kier alpha value is -8.22. The van der Waals surface area contributed by atoms with Crippen LogP contribution in [0, 0.1) is 0 Å². The van der Waals surface area contributed by atoms with E-state index in [1.807, 2.05) is 6.07 Å². The number of rotatable bonds is 23. The number of benzene rings is 3. The van der Waals surface area contributed by atoms with Gasteiger partial charge in [-0.2, -0.15) is 39.5 Å². The van der Waals surface area contributed by atoms with Crippen LogP contribution in [0.2, 0.25) is 0 Å². The van der Waals surface area contributed by atoms with E-state index in [2.05, 4.69) is 26.3 Å². The Balaban J connectivity index is 0.00000223. The summed E-state index contributed by atoms with van der Waals surface area (Å²) in [6.45, 7) is 0.613. The Kier molecular flexibility index (Phi) is 29.9. The first kappa shape index (κ1) is 67.8. The van der Waals surface area contributed by atoms with Crippen LogP contribution >= 0.6 is 0 Å². The predicted octanol–water partition coefficient (Wildman–Crippen LogP) is 1.85. The maximum absolute atomic E-state index is 14.0. The number of carboxylic acid groups (broad SMARTS) is 4. The van der Waals surface area contributed by atoms with Gasteiger partial charge in [-0.1, -0.05) is 72.8 Å². The molecule has 422 valence electrons. The molecule has 22 nitrogen and oxygen atoms in total. The van der Waals surface area contributed by atoms with E-state index in [0.717, 1.165) is 5.56 Å². The number of aliphatic carboxylic acids is 4. The van der Waals surface area contributed by atoms with Gasteiger partial charge in [0.25, 0.3) is 0 Å². The first-order valence-corrected chi connectivity index (χ1v) is 21.9. The lowest BCUT2D eigenvalue weighted by atomic mass is 10.0. The highest BCUT2D eigenvalue weighted by atomic mass is 19.4. The van der Waals surface area contributed by atoms with Crippen molar-refractivity contribution in [3.63, 3.8) is 0 Å². The second kappa shape index (κ2) is 33.6. The molecule has 5 atom stereocenters. The number of phenols is 1. The lowest BCUT2D eigenvalue weighted by Gasteiger charge is -2.27. The van der Waals surface area contributed by atoms with E-state index in [1.165, 1.54) is 12.1 Å². The standard InChI is InChI=1S/C39H53N9O7.3C2HF3O2/c40-20-8-7-15-30(45-36(52)31(22-25-10-3-1-4-11-25)46-34(50)29(41)14-9-21-44-39(42)43)35(51)47-32(23-26-12-5-2-6-13-26)37(53)48-33(38(54)55)24-27-16-18-28(49)19-17-27;3*3-2(4,5)1(6)7/h1-6,10-13,16-19,29-33,49H,7-9,14-15,20-24,40-41H2,(H,45,52)(H,46,50)(H,47,51)(H,48,53)(H,54,55)(H4,42,43,44);3*(H,6,7)/t29-,30-,31-,32-,33-;;;/m0.../s1. The summed E-state index contributed by atoms with van der Waals surface area (Å²) in [5.74, 6) is -12.3. The average Bonchev–Trinajstić information content (AvgIpc) is 3.32. The molecule has 0 saturated heterocycles. The van der Waals surface area contributed by atoms with E-state index in [9.17, 15) is 73.7 Å². The van der Waals surface area contributed by atoms with Gasteiger partial charge in [-0.25, -0.2) is 19.2 Å². The van der Waals surface area contributed by atoms with Crippen LogP contribution in [0.1, 0.15) is 48.8 Å². The number of carboxylic acids is 4. The molecule has 0 aliphatic carbocycles. The number of guanidine groups is 1. The Labute approximate surface area is 426 Å². The summed E-state index contributed by atoms with van der Waals surface area (Å²) in [4.78, 5) is 97.7. The summed E-state index contributed by atoms with van der Waals surface area (Å²) < 4.78 is 95.2. The number of halogens is 9. The first-order chi connectivity index (χ1) is 35.2. The number of nitrogens with zero attached hydrogens (tertiary/aromatic N) is 1. The van der Waals surface area contributed by atoms with Crippen molar-refractivity contribution in [2.24, 2.45) is 27.9 Å². The fourth-order valence-electron chi connectivity index (χ4n) is 5.69. The zero-order valence-corrected chi connectivity index (χ0v) is 39.7. The Morgan fingerprint density at radius 2 is 0.829 bits per heavy atom. The van der Waals surface area contributed by atoms with Gasteiger partial charge in [0, 0.05) is 25.8 Å². The van der Waals surface area contributed by atoms with Crippen molar-refractivity contribution >= 4 is 53.5 Å². The molecule has 0 spiro atoms. The zero-order chi connectivity index (χ0) is 58.4. The molecule has 4 amide bonds. The van der Waals surface area contributed by atoms with Crippen LogP contribution in [0.25, 0.3) is 0 Å². The minimum Gasteiger partial charge on any atom is -0.508 e. The third-order valence-corrected chi connectivity index (χ3v) is 9.43. The van der Waals surface area contributed by atoms with Gasteiger partial charge in [-0.15, -0.1) is 0 Å². The second-order valence-electron chi connectivity index (χ2n) is 15.6. The maximum Gasteiger partial charge on any atom is 0.490 e. The number of amides is 4. The number of aromatic hydroxyl groups is 1. The highest BCUT2D eigenvalue weighted by Gasteiger charge is 2.40. The quantitative estimate of drug-likeness (QED) is 0.0279. The Morgan fingerprint density at radius 3 is 1.20 bits per heavy atom. The molecule has 76 heavy (non-hydrogen) atoms. The molecule has 0 bridgehead atoms. The molecule has 0 fully saturated rings. The number of unbranched alkanes of at least 4 members (excludes halogenated alkanes) is 1. The lowest BCUT2D eigenvalue weighted by Crippen LogP contribution is -2.59. The number of hydrogen-bond donors (Lipinski definition) is 13. The normalized spacial score (nSPS) is 12.9. The van der Waals surface area contributed by atoms with Crippen LogP contribution in [0.15, 0.2) is 89.9 Å². The van der Waals surface area contributed by atoms with Crippen molar-refractivity contribution in [3.05, 3.63) is 102 Å². The number of aliphatic imine (C=N–C) groups is 1. The van der Waals surface area contributed by atoms with Crippen LogP contribution in [0.4, 0.5) is 39.5 Å². The molecule has 17 N–H and O–H groups in total. The predicted molar refractivity (Wildman–Crippen MR) is 249 cm³/mol. The number of alkyl halides is 9. The topological polar surface area (TPSA) is 402 Å². The van der Waals surface area contributed by atoms with Gasteiger partial charge >= 0.3 is 42.4 Å². The summed E-state index contributed by atoms with van der Waals surface area (Å²) in [6, 6.07) is 17.9. The minimum atomic E-state index is -5.08. The molecule has 0 unspecified atom stereocenters. The van der Waals surface area contributed by atoms with Gasteiger partial charge in [0.1, 0.15) is 29.9 Å². The van der Waals surface area contributed by atoms with Crippen LogP contribution < -0.4 is 44.2 Å². The highest BCUT2D eigenvalue weighted by molar-refractivity contribution is 5.95. The fourth-order valence-corrected chi connectivity index (χ4v) is 5.69. The first-order valence-electron chi connectivity index (χ1n) is 21.9. The summed E-state index contributed by atoms with van der Waals surface area (Å²) in [5, 5.41) is 51.7. The van der Waals surface area contributed by atoms with E-state index in [1.54, 1.807) is 66.7 Å². The van der Waals surface area contributed by atoms with Crippen LogP contribution in [0.3, 0.4) is 0 Å². The molecule has 3 aromatic rings. The third kappa shape index (κ3) is 30.1. The molecule has 0 heterocycles. The van der Waals surface area contributed by atoms with Gasteiger partial charge in [-0.05, 0) is 67.5 Å². The van der Waals surface area contributed by atoms with Crippen molar-refractivity contribution in [1.82, 2.24) is 21.3 Å². The van der Waals surface area contributed by atoms with E-state index in [-0.39, 0.29) is 50.4 Å². The number of nitrogens with two attached hydrogens (primary N) is 4. The molecule has 0 aromatic heterocycles. The van der Waals surface area contributed by atoms with Crippen molar-refractivity contribution < 1.29 is 103 Å². The molecular formula is C45H56F9N9O13. The largest absolute Gasteiger partial charge is 0.508 e. The summed E-state index contributed by atoms with van der Waals surface area (Å²) in [7, 11) is 0. The van der Waals surface area contributed by atoms with Gasteiger partial charge in [0.15, 0.2) is 5.96 Å². The Morgan fingerprint density at radius 1 is 0.487 bits per heavy atom. The van der Waals surface area contributed by atoms with Gasteiger partial charge in [0.2, 0.25) is 23.6 Å². The lowest BCUT2D eigenvalue weighted by molar-refractivity contribution is -0.193. The fraction of sp³-hybridized carbons (Fsp3) is 0.400. The summed E-state index contributed by atoms with van der Waals surface area (Å²) in [6.07, 6.45) is -13.4. The van der Waals surface area contributed by atoms with Crippen molar-refractivity contribution in [2.75, 3.05) is 13.1 Å². The molecule has 31 heteroatoms. The van der Waals surface area contributed by atoms with Crippen LogP contribution in [-0.2, 0) is 57.6 Å². The average molecular weight is 1100 g/mol. The number of nitrogens with one attached hydrogen (secondary N) is 4. The smallest absolute Gasteiger partial charge is 0.490 e. The van der Waals surface area contributed by atoms with E-state index >= 15 is 0 Å². The molecular weight excluding hydrogens is 1050 g/mol. The maximum atomic E-state index is 14.0. The molecule has 0 radical (unpaired) electrons. The van der Waals surface area contributed by atoms with Gasteiger partial charge < -0.3 is 69.7 Å². The monoisotopic (exact) mass is 1100 g/mol. The molecule has 0 aliphatic rings. The Bertz CT molecular complexity index is 2290. The SMILES string of the molecule is NCCCC[C@H](NC(=O)[C@H](Cc1ccccc1)NC(=O)[C@@H](N)CCCN=C(N)N)C(=O)N[C@@H](Cc1ccccc1)C(=O)N[C@@H](Cc1ccc(O)cc1)C(=O)O.O=C(O)C(F)(F)F.O=C(O)C(F)(F)F.O=C(O)C(F)(F)F. The molecule has 3 aromatic carbocycles. The molecule has 0 aliphatic heterocycles. The molecule has 0 saturated carbocycles. The van der Waals surface area contributed by atoms with E-state index in [4.69, 9.17) is 52.6 Å².